The Kier molecular flexibility index (Phi) is 2.86. The lowest BCUT2D eigenvalue weighted by atomic mass is 10.4. The van der Waals surface area contributed by atoms with Crippen LogP contribution in [0.2, 0.25) is 0 Å². The molecule has 13 heavy (non-hydrogen) atoms. The van der Waals surface area contributed by atoms with Crippen molar-refractivity contribution < 1.29 is 4.74 Å². The summed E-state index contributed by atoms with van der Waals surface area (Å²) in [6.45, 7) is 0.935. The van der Waals surface area contributed by atoms with Gasteiger partial charge in [0, 0.05) is 12.8 Å². The first kappa shape index (κ1) is 9.03. The number of aromatic nitrogens is 1. The van der Waals surface area contributed by atoms with Crippen LogP contribution in [0, 0.1) is 0 Å². The van der Waals surface area contributed by atoms with Gasteiger partial charge in [-0.3, -0.25) is 4.98 Å². The smallest absolute Gasteiger partial charge is 0.0901 e. The Morgan fingerprint density at radius 1 is 1.54 bits per heavy atom. The van der Waals surface area contributed by atoms with Crippen molar-refractivity contribution in [2.45, 2.75) is 23.3 Å². The number of rotatable bonds is 2. The lowest BCUT2D eigenvalue weighted by molar-refractivity contribution is 0.172. The molecule has 0 spiro atoms. The van der Waals surface area contributed by atoms with Crippen molar-refractivity contribution in [3.63, 3.8) is 0 Å². The van der Waals surface area contributed by atoms with Gasteiger partial charge in [0.25, 0.3) is 0 Å². The molecule has 0 amide bonds. The predicted molar refractivity (Wildman–Crippen MR) is 56.4 cm³/mol. The molecule has 1 aliphatic heterocycles. The number of pyridine rings is 1. The van der Waals surface area contributed by atoms with Gasteiger partial charge in [0.2, 0.25) is 0 Å². The molecule has 0 aromatic carbocycles. The van der Waals surface area contributed by atoms with Crippen LogP contribution in [0.25, 0.3) is 0 Å². The van der Waals surface area contributed by atoms with E-state index in [1.54, 1.807) is 0 Å². The molecule has 2 heterocycles. The van der Waals surface area contributed by atoms with E-state index < -0.39 is 0 Å². The number of ether oxygens (including phenoxy) is 1. The Morgan fingerprint density at radius 2 is 2.46 bits per heavy atom. The number of hydrogen-bond acceptors (Lipinski definition) is 2. The highest BCUT2D eigenvalue weighted by Gasteiger charge is 2.21. The Balaban J connectivity index is 2.08. The third kappa shape index (κ3) is 2.03. The fourth-order valence-electron chi connectivity index (χ4n) is 1.58. The lowest BCUT2D eigenvalue weighted by Gasteiger charge is -2.21. The van der Waals surface area contributed by atoms with Crippen LogP contribution >= 0.6 is 10.9 Å². The lowest BCUT2D eigenvalue weighted by Crippen LogP contribution is -2.05. The van der Waals surface area contributed by atoms with E-state index in [1.165, 1.54) is 17.9 Å². The van der Waals surface area contributed by atoms with Gasteiger partial charge in [0.05, 0.1) is 10.5 Å². The molecule has 0 aliphatic carbocycles. The van der Waals surface area contributed by atoms with Crippen LogP contribution in [0.5, 0.6) is 0 Å². The van der Waals surface area contributed by atoms with Crippen LogP contribution < -0.4 is 0 Å². The minimum atomic E-state index is -0.210. The molecule has 2 rings (SSSR count). The van der Waals surface area contributed by atoms with Gasteiger partial charge in [0.1, 0.15) is 0 Å². The van der Waals surface area contributed by atoms with E-state index in [1.807, 2.05) is 12.3 Å². The monoisotopic (exact) mass is 197 g/mol. The van der Waals surface area contributed by atoms with E-state index in [9.17, 15) is 0 Å². The van der Waals surface area contributed by atoms with Gasteiger partial charge in [-0.15, -0.1) is 0 Å². The van der Waals surface area contributed by atoms with Crippen molar-refractivity contribution in [1.82, 2.24) is 4.98 Å². The second-order valence-electron chi connectivity index (χ2n) is 3.27. The van der Waals surface area contributed by atoms with E-state index in [2.05, 4.69) is 23.4 Å². The van der Waals surface area contributed by atoms with Crippen LogP contribution in [-0.2, 0) is 4.74 Å². The Labute approximate surface area is 81.7 Å². The standard InChI is InChI=1S/C10H15NOS/c1-13(10-6-4-8-12-10)9-5-2-3-7-11-9/h2-3,5,7,10,13H,4,6,8H2,1H3. The Bertz CT molecular complexity index is 259. The van der Waals surface area contributed by atoms with Crippen molar-refractivity contribution in [1.29, 1.82) is 0 Å². The first-order valence-electron chi connectivity index (χ1n) is 4.63. The molecule has 0 N–H and O–H groups in total. The van der Waals surface area contributed by atoms with Crippen molar-refractivity contribution in [2.75, 3.05) is 12.9 Å². The van der Waals surface area contributed by atoms with E-state index in [0.717, 1.165) is 6.61 Å². The average Bonchev–Trinajstić information content (AvgIpc) is 2.71. The minimum Gasteiger partial charge on any atom is -0.369 e. The van der Waals surface area contributed by atoms with Gasteiger partial charge >= 0.3 is 0 Å². The van der Waals surface area contributed by atoms with Crippen LogP contribution in [-0.4, -0.2) is 23.3 Å². The highest BCUT2D eigenvalue weighted by atomic mass is 32.2. The molecule has 1 aromatic heterocycles. The van der Waals surface area contributed by atoms with Crippen molar-refractivity contribution in [2.24, 2.45) is 0 Å². The van der Waals surface area contributed by atoms with E-state index in [-0.39, 0.29) is 10.9 Å². The number of thiol groups is 1. The summed E-state index contributed by atoms with van der Waals surface area (Å²) in [6.07, 6.45) is 6.54. The summed E-state index contributed by atoms with van der Waals surface area (Å²) in [7, 11) is -0.210. The Hall–Kier alpha value is -0.540. The first-order valence-corrected chi connectivity index (χ1v) is 6.49. The normalized spacial score (nSPS) is 25.9. The zero-order valence-corrected chi connectivity index (χ0v) is 8.71. The fraction of sp³-hybridized carbons (Fsp3) is 0.500. The highest BCUT2D eigenvalue weighted by Crippen LogP contribution is 2.40. The molecule has 1 aromatic rings. The third-order valence-electron chi connectivity index (χ3n) is 2.35. The Morgan fingerprint density at radius 3 is 3.08 bits per heavy atom. The maximum Gasteiger partial charge on any atom is 0.0901 e. The van der Waals surface area contributed by atoms with Crippen LogP contribution in [0.4, 0.5) is 0 Å². The topological polar surface area (TPSA) is 22.1 Å². The number of hydrogen-bond donors (Lipinski definition) is 1. The summed E-state index contributed by atoms with van der Waals surface area (Å²) < 4.78 is 5.66. The van der Waals surface area contributed by atoms with Crippen LogP contribution in [0.3, 0.4) is 0 Å². The zero-order chi connectivity index (χ0) is 9.10. The van der Waals surface area contributed by atoms with Crippen LogP contribution in [0.15, 0.2) is 29.4 Å². The van der Waals surface area contributed by atoms with E-state index >= 15 is 0 Å². The van der Waals surface area contributed by atoms with Crippen LogP contribution in [0.1, 0.15) is 12.8 Å². The quantitative estimate of drug-likeness (QED) is 0.734. The highest BCUT2D eigenvalue weighted by molar-refractivity contribution is 8.16. The van der Waals surface area contributed by atoms with Crippen molar-refractivity contribution in [3.8, 4) is 0 Å². The minimum absolute atomic E-state index is 0.210. The third-order valence-corrected chi connectivity index (χ3v) is 4.61. The van der Waals surface area contributed by atoms with Gasteiger partial charge in [-0.2, -0.15) is 10.9 Å². The van der Waals surface area contributed by atoms with Gasteiger partial charge in [-0.05, 0) is 31.2 Å². The summed E-state index contributed by atoms with van der Waals surface area (Å²) in [5.74, 6) is 0. The summed E-state index contributed by atoms with van der Waals surface area (Å²) in [4.78, 5) is 4.37. The molecule has 3 heteroatoms. The van der Waals surface area contributed by atoms with Crippen molar-refractivity contribution in [3.05, 3.63) is 24.4 Å². The molecular weight excluding hydrogens is 182 g/mol. The maximum atomic E-state index is 5.66. The molecule has 1 fully saturated rings. The molecule has 2 unspecified atom stereocenters. The first-order chi connectivity index (χ1) is 6.38. The molecule has 2 atom stereocenters. The predicted octanol–water partition coefficient (Wildman–Crippen LogP) is 2.21. The summed E-state index contributed by atoms with van der Waals surface area (Å²) in [6, 6.07) is 6.12. The second-order valence-corrected chi connectivity index (χ2v) is 5.52. The summed E-state index contributed by atoms with van der Waals surface area (Å²) in [5, 5.41) is 1.21. The van der Waals surface area contributed by atoms with Gasteiger partial charge < -0.3 is 4.74 Å². The zero-order valence-electron chi connectivity index (χ0n) is 7.81. The second kappa shape index (κ2) is 4.11. The molecule has 1 saturated heterocycles. The average molecular weight is 197 g/mol. The number of nitrogens with zero attached hydrogens (tertiary/aromatic N) is 1. The summed E-state index contributed by atoms with van der Waals surface area (Å²) in [5.41, 5.74) is 0.449. The largest absolute Gasteiger partial charge is 0.369 e. The molecule has 0 bridgehead atoms. The summed E-state index contributed by atoms with van der Waals surface area (Å²) >= 11 is 0. The molecule has 72 valence electrons. The maximum absolute atomic E-state index is 5.66. The SMILES string of the molecule is C[SH](c1ccccn1)C1CCCO1. The molecule has 0 radical (unpaired) electrons. The van der Waals surface area contributed by atoms with Gasteiger partial charge in [-0.25, -0.2) is 0 Å². The molecule has 1 aliphatic rings. The fourth-order valence-corrected chi connectivity index (χ4v) is 3.34. The van der Waals surface area contributed by atoms with E-state index in [0.29, 0.717) is 5.44 Å². The molecule has 2 nitrogen and oxygen atoms in total. The van der Waals surface area contributed by atoms with Gasteiger partial charge in [0.15, 0.2) is 0 Å². The molecular formula is C10H15NOS. The van der Waals surface area contributed by atoms with Gasteiger partial charge in [-0.1, -0.05) is 6.07 Å². The molecule has 0 saturated carbocycles. The van der Waals surface area contributed by atoms with E-state index in [4.69, 9.17) is 4.74 Å². The van der Waals surface area contributed by atoms with Crippen molar-refractivity contribution >= 4 is 10.9 Å².